The van der Waals surface area contributed by atoms with Crippen LogP contribution in [0.25, 0.3) is 0 Å². The number of halogens is 1. The highest BCUT2D eigenvalue weighted by molar-refractivity contribution is 7.92. The number of rotatable bonds is 6. The van der Waals surface area contributed by atoms with Crippen molar-refractivity contribution in [1.82, 2.24) is 0 Å². The van der Waals surface area contributed by atoms with Crippen molar-refractivity contribution in [2.75, 3.05) is 19.8 Å². The molecule has 4 rings (SSSR count). The number of esters is 1. The quantitative estimate of drug-likeness (QED) is 0.585. The van der Waals surface area contributed by atoms with Crippen molar-refractivity contribution >= 4 is 27.4 Å². The Balaban J connectivity index is 1.72. The average Bonchev–Trinajstić information content (AvgIpc) is 3.36. The number of fused-ring (bicyclic) bond motifs is 1. The molecule has 4 atom stereocenters. The van der Waals surface area contributed by atoms with Crippen LogP contribution in [0.1, 0.15) is 42.6 Å². The number of hydrogen-bond acceptors (Lipinski definition) is 8. The van der Waals surface area contributed by atoms with Gasteiger partial charge in [-0.2, -0.15) is 0 Å². The summed E-state index contributed by atoms with van der Waals surface area (Å²) in [4.78, 5) is 12.8. The van der Waals surface area contributed by atoms with Crippen molar-refractivity contribution in [2.45, 2.75) is 61.1 Å². The lowest BCUT2D eigenvalue weighted by Crippen LogP contribution is -2.42. The third-order valence-electron chi connectivity index (χ3n) is 6.42. The van der Waals surface area contributed by atoms with Gasteiger partial charge in [0.15, 0.2) is 15.6 Å². The van der Waals surface area contributed by atoms with Gasteiger partial charge in [0.1, 0.15) is 12.2 Å². The van der Waals surface area contributed by atoms with Gasteiger partial charge in [0.25, 0.3) is 0 Å². The van der Waals surface area contributed by atoms with Crippen molar-refractivity contribution in [1.29, 1.82) is 0 Å². The van der Waals surface area contributed by atoms with E-state index in [1.165, 1.54) is 6.08 Å². The molecule has 1 saturated heterocycles. The van der Waals surface area contributed by atoms with Gasteiger partial charge < -0.3 is 24.4 Å². The van der Waals surface area contributed by atoms with Crippen LogP contribution >= 0.6 is 11.6 Å². The normalized spacial score (nSPS) is 29.1. The van der Waals surface area contributed by atoms with Gasteiger partial charge in [0.05, 0.1) is 35.9 Å². The van der Waals surface area contributed by atoms with Crippen molar-refractivity contribution in [3.05, 3.63) is 46.0 Å². The number of hydrogen-bond donors (Lipinski definition) is 2. The maximum Gasteiger partial charge on any atom is 0.335 e. The molecular weight excluding hydrogens is 460 g/mol. The van der Waals surface area contributed by atoms with Crippen LogP contribution in [0, 0.1) is 0 Å². The Morgan fingerprint density at radius 1 is 1.19 bits per heavy atom. The van der Waals surface area contributed by atoms with Crippen LogP contribution in [0.4, 0.5) is 0 Å². The molecular formula is C22H27ClO8S. The highest BCUT2D eigenvalue weighted by Crippen LogP contribution is 2.47. The van der Waals surface area contributed by atoms with Crippen LogP contribution in [0.2, 0.25) is 5.02 Å². The molecule has 0 saturated carbocycles. The van der Waals surface area contributed by atoms with Crippen molar-refractivity contribution in [3.8, 4) is 0 Å². The first-order chi connectivity index (χ1) is 15.3. The number of carbonyl (C=O) groups excluding carboxylic acids is 1. The first-order valence-electron chi connectivity index (χ1n) is 10.7. The van der Waals surface area contributed by atoms with E-state index >= 15 is 0 Å². The third kappa shape index (κ3) is 3.99. The SMILES string of the molecule is CCOC(=O)C1=CC2(CCC1S(=O)(=O)C1CCc3c(Cl)cccc31)O[C@@H](CO)[C@H](CO)O2. The Kier molecular flexibility index (Phi) is 6.68. The van der Waals surface area contributed by atoms with Gasteiger partial charge in [-0.05, 0) is 49.5 Å². The Bertz CT molecular complexity index is 1010. The van der Waals surface area contributed by atoms with E-state index in [-0.39, 0.29) is 38.2 Å². The van der Waals surface area contributed by atoms with E-state index in [9.17, 15) is 23.4 Å². The van der Waals surface area contributed by atoms with E-state index in [1.54, 1.807) is 25.1 Å². The zero-order valence-corrected chi connectivity index (χ0v) is 19.3. The van der Waals surface area contributed by atoms with Crippen molar-refractivity contribution < 1.29 is 37.6 Å². The maximum atomic E-state index is 13.8. The van der Waals surface area contributed by atoms with E-state index in [4.69, 9.17) is 25.8 Å². The van der Waals surface area contributed by atoms with Gasteiger partial charge in [0.2, 0.25) is 0 Å². The monoisotopic (exact) mass is 486 g/mol. The highest BCUT2D eigenvalue weighted by atomic mass is 35.5. The molecule has 0 bridgehead atoms. The molecule has 2 aliphatic carbocycles. The number of aliphatic hydroxyl groups excluding tert-OH is 2. The number of carbonyl (C=O) groups is 1. The summed E-state index contributed by atoms with van der Waals surface area (Å²) in [5, 5.41) is 17.8. The molecule has 1 fully saturated rings. The fraction of sp³-hybridized carbons (Fsp3) is 0.591. The van der Waals surface area contributed by atoms with Gasteiger partial charge in [-0.15, -0.1) is 0 Å². The van der Waals surface area contributed by atoms with Gasteiger partial charge in [-0.25, -0.2) is 13.2 Å². The molecule has 1 heterocycles. The molecule has 0 amide bonds. The third-order valence-corrected chi connectivity index (χ3v) is 9.34. The summed E-state index contributed by atoms with van der Waals surface area (Å²) in [5.74, 6) is -2.14. The van der Waals surface area contributed by atoms with Crippen molar-refractivity contribution in [3.63, 3.8) is 0 Å². The minimum Gasteiger partial charge on any atom is -0.463 e. The Morgan fingerprint density at radius 3 is 2.50 bits per heavy atom. The molecule has 0 radical (unpaired) electrons. The topological polar surface area (TPSA) is 119 Å². The van der Waals surface area contributed by atoms with E-state index in [0.29, 0.717) is 23.4 Å². The van der Waals surface area contributed by atoms with Crippen LogP contribution in [0.15, 0.2) is 29.8 Å². The van der Waals surface area contributed by atoms with Crippen LogP contribution in [-0.4, -0.2) is 67.7 Å². The largest absolute Gasteiger partial charge is 0.463 e. The van der Waals surface area contributed by atoms with Crippen LogP contribution in [-0.2, 0) is 35.3 Å². The van der Waals surface area contributed by atoms with E-state index in [1.807, 2.05) is 0 Å². The van der Waals surface area contributed by atoms with Crippen molar-refractivity contribution in [2.24, 2.45) is 0 Å². The van der Waals surface area contributed by atoms with E-state index in [0.717, 1.165) is 5.56 Å². The lowest BCUT2D eigenvalue weighted by Gasteiger charge is -2.34. The van der Waals surface area contributed by atoms with Gasteiger partial charge in [0, 0.05) is 11.4 Å². The second kappa shape index (κ2) is 9.04. The smallest absolute Gasteiger partial charge is 0.335 e. The number of benzene rings is 1. The summed E-state index contributed by atoms with van der Waals surface area (Å²) in [5.41, 5.74) is 1.47. The summed E-state index contributed by atoms with van der Waals surface area (Å²) in [6.45, 7) is 0.966. The molecule has 8 nitrogen and oxygen atoms in total. The average molecular weight is 487 g/mol. The maximum absolute atomic E-state index is 13.8. The second-order valence-electron chi connectivity index (χ2n) is 8.26. The summed E-state index contributed by atoms with van der Waals surface area (Å²) in [7, 11) is -3.83. The summed E-state index contributed by atoms with van der Waals surface area (Å²) < 4.78 is 44.4. The van der Waals surface area contributed by atoms with E-state index in [2.05, 4.69) is 0 Å². The fourth-order valence-electron chi connectivity index (χ4n) is 4.93. The summed E-state index contributed by atoms with van der Waals surface area (Å²) in [6.07, 6.45) is 0.982. The molecule has 10 heteroatoms. The van der Waals surface area contributed by atoms with E-state index < -0.39 is 44.3 Å². The summed E-state index contributed by atoms with van der Waals surface area (Å²) in [6, 6.07) is 5.25. The zero-order valence-electron chi connectivity index (χ0n) is 17.7. The first-order valence-corrected chi connectivity index (χ1v) is 12.7. The van der Waals surface area contributed by atoms with Gasteiger partial charge in [-0.1, -0.05) is 23.7 Å². The second-order valence-corrected chi connectivity index (χ2v) is 11.0. The first kappa shape index (κ1) is 23.7. The lowest BCUT2D eigenvalue weighted by atomic mass is 9.94. The minimum atomic E-state index is -3.83. The fourth-order valence-corrected chi connectivity index (χ4v) is 7.59. The molecule has 1 aromatic carbocycles. The minimum absolute atomic E-state index is 0.0381. The Morgan fingerprint density at radius 2 is 1.88 bits per heavy atom. The zero-order chi connectivity index (χ0) is 23.1. The highest BCUT2D eigenvalue weighted by Gasteiger charge is 2.53. The van der Waals surface area contributed by atoms with Gasteiger partial charge >= 0.3 is 5.97 Å². The number of aliphatic hydroxyl groups is 2. The Hall–Kier alpha value is -1.49. The van der Waals surface area contributed by atoms with Crippen LogP contribution in [0.5, 0.6) is 0 Å². The molecule has 32 heavy (non-hydrogen) atoms. The van der Waals surface area contributed by atoms with Crippen LogP contribution < -0.4 is 0 Å². The van der Waals surface area contributed by atoms with Crippen LogP contribution in [0.3, 0.4) is 0 Å². The molecule has 1 aliphatic heterocycles. The molecule has 2 unspecified atom stereocenters. The Labute approximate surface area is 192 Å². The molecule has 2 N–H and O–H groups in total. The molecule has 0 aromatic heterocycles. The lowest BCUT2D eigenvalue weighted by molar-refractivity contribution is -0.154. The molecule has 176 valence electrons. The summed E-state index contributed by atoms with van der Waals surface area (Å²) >= 11 is 6.27. The standard InChI is InChI=1S/C22H27ClO8S/c1-2-29-21(26)15-10-22(30-17(11-24)18(12-25)31-22)9-8-20(15)32(27,28)19-7-6-13-14(19)4-3-5-16(13)23/h3-5,10,17-20,24-25H,2,6-9,11-12H2,1H3/t17-,18-,19?,20?/m0/s1. The number of ether oxygens (including phenoxy) is 3. The van der Waals surface area contributed by atoms with Gasteiger partial charge in [-0.3, -0.25) is 0 Å². The molecule has 1 spiro atoms. The molecule has 3 aliphatic rings. The molecule has 1 aromatic rings. The predicted molar refractivity (Wildman–Crippen MR) is 116 cm³/mol. The predicted octanol–water partition coefficient (Wildman–Crippen LogP) is 1.86. The number of sulfone groups is 1.